The van der Waals surface area contributed by atoms with E-state index in [-0.39, 0.29) is 16.9 Å². The minimum absolute atomic E-state index is 0.182. The van der Waals surface area contributed by atoms with Gasteiger partial charge >= 0.3 is 0 Å². The van der Waals surface area contributed by atoms with E-state index in [1.165, 1.54) is 12.1 Å². The maximum atomic E-state index is 11.8. The number of aromatic nitrogens is 3. The van der Waals surface area contributed by atoms with Gasteiger partial charge in [0.15, 0.2) is 0 Å². The van der Waals surface area contributed by atoms with Gasteiger partial charge in [-0.25, -0.2) is 4.98 Å². The lowest BCUT2D eigenvalue weighted by molar-refractivity contribution is 0.102. The zero-order chi connectivity index (χ0) is 12.4. The van der Waals surface area contributed by atoms with Crippen LogP contribution >= 0.6 is 11.6 Å². The summed E-state index contributed by atoms with van der Waals surface area (Å²) in [5.74, 6) is -0.108. The fourth-order valence-corrected chi connectivity index (χ4v) is 1.55. The SMILES string of the molecule is Cn1cc(NC(=O)c2cc(N)nc(Cl)c2)cn1. The molecule has 7 heteroatoms. The molecule has 1 amide bonds. The lowest BCUT2D eigenvalue weighted by Crippen LogP contribution is -2.12. The third kappa shape index (κ3) is 2.73. The summed E-state index contributed by atoms with van der Waals surface area (Å²) in [4.78, 5) is 15.6. The Hall–Kier alpha value is -2.08. The van der Waals surface area contributed by atoms with Gasteiger partial charge in [0.05, 0.1) is 11.9 Å². The maximum Gasteiger partial charge on any atom is 0.255 e. The molecule has 0 saturated carbocycles. The highest BCUT2D eigenvalue weighted by molar-refractivity contribution is 6.30. The van der Waals surface area contributed by atoms with Crippen molar-refractivity contribution >= 4 is 29.0 Å². The summed E-state index contributed by atoms with van der Waals surface area (Å²) >= 11 is 5.71. The lowest BCUT2D eigenvalue weighted by Gasteiger charge is -2.03. The molecule has 2 aromatic heterocycles. The summed E-state index contributed by atoms with van der Waals surface area (Å²) in [6.45, 7) is 0. The van der Waals surface area contributed by atoms with Crippen molar-refractivity contribution in [3.05, 3.63) is 35.2 Å². The van der Waals surface area contributed by atoms with Crippen molar-refractivity contribution < 1.29 is 4.79 Å². The Balaban J connectivity index is 2.19. The quantitative estimate of drug-likeness (QED) is 0.788. The van der Waals surface area contributed by atoms with E-state index in [1.807, 2.05) is 0 Å². The predicted molar refractivity (Wildman–Crippen MR) is 64.8 cm³/mol. The van der Waals surface area contributed by atoms with Gasteiger partial charge in [0.25, 0.3) is 5.91 Å². The first-order valence-electron chi connectivity index (χ1n) is 4.77. The van der Waals surface area contributed by atoms with Gasteiger partial charge in [0, 0.05) is 18.8 Å². The molecule has 6 nitrogen and oxygen atoms in total. The van der Waals surface area contributed by atoms with Crippen LogP contribution in [0.1, 0.15) is 10.4 Å². The number of pyridine rings is 1. The molecule has 0 atom stereocenters. The summed E-state index contributed by atoms with van der Waals surface area (Å²) in [7, 11) is 1.76. The number of anilines is 2. The van der Waals surface area contributed by atoms with E-state index in [0.29, 0.717) is 11.3 Å². The molecule has 0 saturated heterocycles. The number of nitrogens with one attached hydrogen (secondary N) is 1. The molecule has 17 heavy (non-hydrogen) atoms. The summed E-state index contributed by atoms with van der Waals surface area (Å²) < 4.78 is 1.59. The van der Waals surface area contributed by atoms with Crippen LogP contribution in [0.25, 0.3) is 0 Å². The molecule has 88 valence electrons. The maximum absolute atomic E-state index is 11.8. The van der Waals surface area contributed by atoms with Crippen molar-refractivity contribution in [1.29, 1.82) is 0 Å². The molecule has 0 unspecified atom stereocenters. The first kappa shape index (κ1) is 11.4. The Bertz CT molecular complexity index is 545. The molecule has 2 rings (SSSR count). The Morgan fingerprint density at radius 3 is 2.88 bits per heavy atom. The van der Waals surface area contributed by atoms with E-state index < -0.39 is 0 Å². The Labute approximate surface area is 102 Å². The van der Waals surface area contributed by atoms with Crippen LogP contribution in [0.2, 0.25) is 5.15 Å². The first-order valence-corrected chi connectivity index (χ1v) is 5.15. The fourth-order valence-electron chi connectivity index (χ4n) is 1.34. The van der Waals surface area contributed by atoms with Crippen LogP contribution in [-0.4, -0.2) is 20.7 Å². The minimum Gasteiger partial charge on any atom is -0.384 e. The van der Waals surface area contributed by atoms with Crippen LogP contribution in [0.15, 0.2) is 24.5 Å². The number of amides is 1. The van der Waals surface area contributed by atoms with Crippen LogP contribution < -0.4 is 11.1 Å². The average molecular weight is 252 g/mol. The highest BCUT2D eigenvalue weighted by atomic mass is 35.5. The van der Waals surface area contributed by atoms with Gasteiger partial charge in [0.1, 0.15) is 11.0 Å². The number of nitrogen functional groups attached to an aromatic ring is 1. The molecule has 0 fully saturated rings. The largest absolute Gasteiger partial charge is 0.384 e. The average Bonchev–Trinajstić information content (AvgIpc) is 2.62. The van der Waals surface area contributed by atoms with E-state index in [9.17, 15) is 4.79 Å². The van der Waals surface area contributed by atoms with Crippen molar-refractivity contribution in [2.24, 2.45) is 7.05 Å². The molecule has 0 aliphatic rings. The summed E-state index contributed by atoms with van der Waals surface area (Å²) in [5, 5.41) is 6.79. The number of nitrogens with zero attached hydrogens (tertiary/aromatic N) is 3. The molecule has 2 aromatic rings. The van der Waals surface area contributed by atoms with Crippen molar-refractivity contribution in [3.8, 4) is 0 Å². The number of aryl methyl sites for hydroxylation is 1. The molecule has 0 radical (unpaired) electrons. The molecule has 0 bridgehead atoms. The summed E-state index contributed by atoms with van der Waals surface area (Å²) in [5.41, 5.74) is 6.46. The molecule has 3 N–H and O–H groups in total. The number of halogens is 1. The van der Waals surface area contributed by atoms with Crippen LogP contribution in [-0.2, 0) is 7.05 Å². The van der Waals surface area contributed by atoms with Crippen LogP contribution in [0.3, 0.4) is 0 Å². The zero-order valence-corrected chi connectivity index (χ0v) is 9.77. The molecule has 0 aromatic carbocycles. The highest BCUT2D eigenvalue weighted by Crippen LogP contribution is 2.14. The van der Waals surface area contributed by atoms with Crippen molar-refractivity contribution in [2.45, 2.75) is 0 Å². The smallest absolute Gasteiger partial charge is 0.255 e. The van der Waals surface area contributed by atoms with Gasteiger partial charge in [-0.1, -0.05) is 11.6 Å². The van der Waals surface area contributed by atoms with E-state index >= 15 is 0 Å². The minimum atomic E-state index is -0.311. The van der Waals surface area contributed by atoms with Crippen LogP contribution in [0.4, 0.5) is 11.5 Å². The standard InChI is InChI=1S/C10H10ClN5O/c1-16-5-7(4-13-16)14-10(17)6-2-8(11)15-9(12)3-6/h2-5H,1H3,(H2,12,15)(H,14,17). The normalized spacial score (nSPS) is 10.2. The Kier molecular flexibility index (Phi) is 2.97. The number of hydrogen-bond acceptors (Lipinski definition) is 4. The second-order valence-electron chi connectivity index (χ2n) is 3.46. The third-order valence-corrected chi connectivity index (χ3v) is 2.23. The number of carbonyl (C=O) groups excluding carboxylic acids is 1. The Morgan fingerprint density at radius 2 is 2.29 bits per heavy atom. The van der Waals surface area contributed by atoms with Crippen molar-refractivity contribution in [3.63, 3.8) is 0 Å². The number of hydrogen-bond donors (Lipinski definition) is 2. The topological polar surface area (TPSA) is 85.8 Å². The van der Waals surface area contributed by atoms with Gasteiger partial charge in [-0.05, 0) is 12.1 Å². The number of nitrogens with two attached hydrogens (primary N) is 1. The molecular weight excluding hydrogens is 242 g/mol. The molecule has 0 aliphatic carbocycles. The van der Waals surface area contributed by atoms with Gasteiger partial charge in [-0.3, -0.25) is 9.48 Å². The lowest BCUT2D eigenvalue weighted by atomic mass is 10.2. The van der Waals surface area contributed by atoms with Crippen LogP contribution in [0.5, 0.6) is 0 Å². The second-order valence-corrected chi connectivity index (χ2v) is 3.85. The van der Waals surface area contributed by atoms with Gasteiger partial charge in [-0.2, -0.15) is 5.10 Å². The van der Waals surface area contributed by atoms with Gasteiger partial charge in [0.2, 0.25) is 0 Å². The fraction of sp³-hybridized carbons (Fsp3) is 0.100. The van der Waals surface area contributed by atoms with Crippen LogP contribution in [0, 0.1) is 0 Å². The van der Waals surface area contributed by atoms with Gasteiger partial charge in [-0.15, -0.1) is 0 Å². The van der Waals surface area contributed by atoms with Gasteiger partial charge < -0.3 is 11.1 Å². The monoisotopic (exact) mass is 251 g/mol. The number of carbonyl (C=O) groups is 1. The zero-order valence-electron chi connectivity index (χ0n) is 9.01. The number of rotatable bonds is 2. The summed E-state index contributed by atoms with van der Waals surface area (Å²) in [6, 6.07) is 2.90. The molecule has 2 heterocycles. The second kappa shape index (κ2) is 4.42. The van der Waals surface area contributed by atoms with E-state index in [2.05, 4.69) is 15.4 Å². The van der Waals surface area contributed by atoms with E-state index in [1.54, 1.807) is 24.1 Å². The van der Waals surface area contributed by atoms with E-state index in [0.717, 1.165) is 0 Å². The Morgan fingerprint density at radius 1 is 1.53 bits per heavy atom. The highest BCUT2D eigenvalue weighted by Gasteiger charge is 2.09. The molecule has 0 spiro atoms. The van der Waals surface area contributed by atoms with Crippen molar-refractivity contribution in [1.82, 2.24) is 14.8 Å². The summed E-state index contributed by atoms with van der Waals surface area (Å²) in [6.07, 6.45) is 3.23. The van der Waals surface area contributed by atoms with Crippen molar-refractivity contribution in [2.75, 3.05) is 11.1 Å². The third-order valence-electron chi connectivity index (χ3n) is 2.04. The van der Waals surface area contributed by atoms with E-state index in [4.69, 9.17) is 17.3 Å². The molecular formula is C10H10ClN5O. The first-order chi connectivity index (χ1) is 8.04. The molecule has 0 aliphatic heterocycles. The predicted octanol–water partition coefficient (Wildman–Crippen LogP) is 1.30.